The van der Waals surface area contributed by atoms with Crippen molar-refractivity contribution >= 4 is 49.7 Å². The van der Waals surface area contributed by atoms with E-state index in [1.807, 2.05) is 0 Å². The van der Waals surface area contributed by atoms with Gasteiger partial charge >= 0.3 is 0 Å². The standard InChI is InChI=1S/C16H13ClN4O3S2/c1-10(22)20-16-19-9-14(25-16)11-7-13(15(17)18-8-11)21-26(23,24)12-5-3-2-4-6-12/h2-9,21H,1H3,(H,19,20,22). The minimum atomic E-state index is -3.79. The molecule has 0 aliphatic heterocycles. The first-order valence-corrected chi connectivity index (χ1v) is 10.00. The number of carbonyl (C=O) groups is 1. The number of hydrogen-bond donors (Lipinski definition) is 2. The maximum atomic E-state index is 12.5. The number of hydrogen-bond acceptors (Lipinski definition) is 6. The van der Waals surface area contributed by atoms with Crippen LogP contribution in [0, 0.1) is 0 Å². The lowest BCUT2D eigenvalue weighted by molar-refractivity contribution is -0.114. The highest BCUT2D eigenvalue weighted by molar-refractivity contribution is 7.92. The molecule has 0 atom stereocenters. The van der Waals surface area contributed by atoms with Crippen LogP contribution in [0.1, 0.15) is 6.92 Å². The number of rotatable bonds is 5. The maximum Gasteiger partial charge on any atom is 0.261 e. The van der Waals surface area contributed by atoms with Crippen molar-refractivity contribution in [1.29, 1.82) is 0 Å². The van der Waals surface area contributed by atoms with Gasteiger partial charge in [0.15, 0.2) is 10.3 Å². The Kier molecular flexibility index (Phi) is 5.21. The number of nitrogens with one attached hydrogen (secondary N) is 2. The van der Waals surface area contributed by atoms with Crippen LogP contribution in [-0.2, 0) is 14.8 Å². The summed E-state index contributed by atoms with van der Waals surface area (Å²) in [5, 5.41) is 3.06. The monoisotopic (exact) mass is 408 g/mol. The van der Waals surface area contributed by atoms with Crippen LogP contribution in [0.15, 0.2) is 53.7 Å². The molecular weight excluding hydrogens is 396 g/mol. The second-order valence-corrected chi connectivity index (χ2v) is 8.26. The summed E-state index contributed by atoms with van der Waals surface area (Å²) in [6, 6.07) is 9.52. The summed E-state index contributed by atoms with van der Waals surface area (Å²) >= 11 is 7.28. The van der Waals surface area contributed by atoms with Crippen LogP contribution in [0.2, 0.25) is 5.15 Å². The Balaban J connectivity index is 1.91. The van der Waals surface area contributed by atoms with Crippen molar-refractivity contribution in [2.75, 3.05) is 10.0 Å². The van der Waals surface area contributed by atoms with Crippen LogP contribution in [0.3, 0.4) is 0 Å². The van der Waals surface area contributed by atoms with Gasteiger partial charge in [0.1, 0.15) is 0 Å². The molecule has 10 heteroatoms. The van der Waals surface area contributed by atoms with Crippen LogP contribution in [-0.4, -0.2) is 24.3 Å². The molecule has 0 aliphatic carbocycles. The molecule has 1 aromatic carbocycles. The smallest absolute Gasteiger partial charge is 0.261 e. The Morgan fingerprint density at radius 2 is 1.88 bits per heavy atom. The fraction of sp³-hybridized carbons (Fsp3) is 0.0625. The zero-order chi connectivity index (χ0) is 18.7. The molecule has 0 radical (unpaired) electrons. The van der Waals surface area contributed by atoms with E-state index in [0.717, 1.165) is 0 Å². The predicted molar refractivity (Wildman–Crippen MR) is 102 cm³/mol. The van der Waals surface area contributed by atoms with Gasteiger partial charge in [0, 0.05) is 24.9 Å². The van der Waals surface area contributed by atoms with Gasteiger partial charge in [-0.1, -0.05) is 41.1 Å². The lowest BCUT2D eigenvalue weighted by Gasteiger charge is -2.10. The zero-order valence-corrected chi connectivity index (χ0v) is 15.8. The van der Waals surface area contributed by atoms with Crippen LogP contribution in [0.4, 0.5) is 10.8 Å². The minimum Gasteiger partial charge on any atom is -0.302 e. The number of carbonyl (C=O) groups excluding carboxylic acids is 1. The average Bonchev–Trinajstić information content (AvgIpc) is 3.05. The summed E-state index contributed by atoms with van der Waals surface area (Å²) in [7, 11) is -3.79. The third kappa shape index (κ3) is 4.18. The lowest BCUT2D eigenvalue weighted by Crippen LogP contribution is -2.13. The first-order chi connectivity index (χ1) is 12.3. The van der Waals surface area contributed by atoms with Gasteiger partial charge in [0.25, 0.3) is 10.0 Å². The Morgan fingerprint density at radius 3 is 2.58 bits per heavy atom. The quantitative estimate of drug-likeness (QED) is 0.628. The molecule has 134 valence electrons. The van der Waals surface area contributed by atoms with Crippen LogP contribution >= 0.6 is 22.9 Å². The molecule has 0 spiro atoms. The molecule has 0 saturated heterocycles. The first kappa shape index (κ1) is 18.3. The highest BCUT2D eigenvalue weighted by atomic mass is 35.5. The number of thiazole rings is 1. The molecular formula is C16H13ClN4O3S2. The van der Waals surface area contributed by atoms with Gasteiger partial charge in [-0.2, -0.15) is 0 Å². The molecule has 0 aliphatic rings. The third-order valence-corrected chi connectivity index (χ3v) is 5.85. The molecule has 0 fully saturated rings. The molecule has 26 heavy (non-hydrogen) atoms. The molecule has 3 rings (SSSR count). The molecule has 0 unspecified atom stereocenters. The second kappa shape index (κ2) is 7.40. The molecule has 3 aromatic rings. The molecule has 0 bridgehead atoms. The van der Waals surface area contributed by atoms with E-state index < -0.39 is 10.0 Å². The first-order valence-electron chi connectivity index (χ1n) is 7.32. The van der Waals surface area contributed by atoms with Gasteiger partial charge in [-0.15, -0.1) is 0 Å². The summed E-state index contributed by atoms with van der Waals surface area (Å²) in [5.74, 6) is -0.226. The number of pyridine rings is 1. The number of amides is 1. The number of halogens is 1. The van der Waals surface area contributed by atoms with E-state index in [9.17, 15) is 13.2 Å². The fourth-order valence-corrected chi connectivity index (χ4v) is 4.20. The largest absolute Gasteiger partial charge is 0.302 e. The van der Waals surface area contributed by atoms with Gasteiger partial charge in [0.05, 0.1) is 15.5 Å². The van der Waals surface area contributed by atoms with E-state index in [4.69, 9.17) is 11.6 Å². The van der Waals surface area contributed by atoms with Crippen molar-refractivity contribution in [2.24, 2.45) is 0 Å². The van der Waals surface area contributed by atoms with E-state index in [2.05, 4.69) is 20.0 Å². The Morgan fingerprint density at radius 1 is 1.15 bits per heavy atom. The van der Waals surface area contributed by atoms with Crippen molar-refractivity contribution in [2.45, 2.75) is 11.8 Å². The minimum absolute atomic E-state index is 0.0276. The molecule has 0 saturated carbocycles. The molecule has 7 nitrogen and oxygen atoms in total. The maximum absolute atomic E-state index is 12.5. The summed E-state index contributed by atoms with van der Waals surface area (Å²) in [5.41, 5.74) is 0.775. The number of sulfonamides is 1. The Labute approximate surface area is 159 Å². The SMILES string of the molecule is CC(=O)Nc1ncc(-c2cnc(Cl)c(NS(=O)(=O)c3ccccc3)c2)s1. The Bertz CT molecular complexity index is 1050. The summed E-state index contributed by atoms with van der Waals surface area (Å²) in [6.07, 6.45) is 3.07. The van der Waals surface area contributed by atoms with Crippen LogP contribution < -0.4 is 10.0 Å². The number of anilines is 2. The summed E-state index contributed by atoms with van der Waals surface area (Å²) in [6.45, 7) is 1.39. The Hall–Kier alpha value is -2.49. The number of nitrogens with zero attached hydrogens (tertiary/aromatic N) is 2. The van der Waals surface area contributed by atoms with E-state index >= 15 is 0 Å². The van der Waals surface area contributed by atoms with Crippen LogP contribution in [0.25, 0.3) is 10.4 Å². The van der Waals surface area contributed by atoms with Gasteiger partial charge in [-0.25, -0.2) is 18.4 Å². The normalized spacial score (nSPS) is 11.2. The summed E-state index contributed by atoms with van der Waals surface area (Å²) < 4.78 is 27.4. The van der Waals surface area contributed by atoms with Gasteiger partial charge in [-0.3, -0.25) is 9.52 Å². The van der Waals surface area contributed by atoms with Gasteiger partial charge < -0.3 is 5.32 Å². The van der Waals surface area contributed by atoms with Crippen LogP contribution in [0.5, 0.6) is 0 Å². The van der Waals surface area contributed by atoms with Gasteiger partial charge in [-0.05, 0) is 18.2 Å². The average molecular weight is 409 g/mol. The van der Waals surface area contributed by atoms with E-state index in [0.29, 0.717) is 15.6 Å². The number of aromatic nitrogens is 2. The van der Waals surface area contributed by atoms with Gasteiger partial charge in [0.2, 0.25) is 5.91 Å². The predicted octanol–water partition coefficient (Wildman–Crippen LogP) is 3.62. The molecule has 1 amide bonds. The van der Waals surface area contributed by atoms with Crippen molar-refractivity contribution < 1.29 is 13.2 Å². The van der Waals surface area contributed by atoms with E-state index in [1.165, 1.54) is 36.6 Å². The highest BCUT2D eigenvalue weighted by Crippen LogP contribution is 2.33. The zero-order valence-electron chi connectivity index (χ0n) is 13.4. The van der Waals surface area contributed by atoms with E-state index in [1.54, 1.807) is 30.5 Å². The highest BCUT2D eigenvalue weighted by Gasteiger charge is 2.17. The van der Waals surface area contributed by atoms with Crippen molar-refractivity contribution in [3.05, 3.63) is 53.9 Å². The van der Waals surface area contributed by atoms with Crippen molar-refractivity contribution in [3.8, 4) is 10.4 Å². The summed E-state index contributed by atoms with van der Waals surface area (Å²) in [4.78, 5) is 20.1. The molecule has 2 heterocycles. The second-order valence-electron chi connectivity index (χ2n) is 5.19. The van der Waals surface area contributed by atoms with Crippen molar-refractivity contribution in [3.63, 3.8) is 0 Å². The van der Waals surface area contributed by atoms with E-state index in [-0.39, 0.29) is 21.6 Å². The fourth-order valence-electron chi connectivity index (χ4n) is 2.07. The lowest BCUT2D eigenvalue weighted by atomic mass is 10.2. The van der Waals surface area contributed by atoms with Crippen molar-refractivity contribution in [1.82, 2.24) is 9.97 Å². The third-order valence-electron chi connectivity index (χ3n) is 3.21. The molecule has 2 N–H and O–H groups in total. The molecule has 2 aromatic heterocycles. The number of benzene rings is 1. The topological polar surface area (TPSA) is 101 Å².